The van der Waals surface area contributed by atoms with Gasteiger partial charge in [-0.05, 0) is 29.8 Å². The molecule has 1 amide bonds. The van der Waals surface area contributed by atoms with Gasteiger partial charge in [0.15, 0.2) is 0 Å². The standard InChI is InChI=1S/C21H14Cl2FN3O2/c22-15-8-25-9-16(23)20(15)26-21(29)14-11-27(10-12-4-6-13(24)7-5-12)17-2-1-3-18(28)19(14)17/h1-9,11,28H,10H2,(H,25,26,29). The molecule has 0 fully saturated rings. The highest BCUT2D eigenvalue weighted by Gasteiger charge is 2.20. The Bertz CT molecular complexity index is 1200. The van der Waals surface area contributed by atoms with Crippen molar-refractivity contribution < 1.29 is 14.3 Å². The van der Waals surface area contributed by atoms with Crippen molar-refractivity contribution in [1.29, 1.82) is 0 Å². The number of hydrogen-bond acceptors (Lipinski definition) is 3. The molecule has 0 saturated heterocycles. The van der Waals surface area contributed by atoms with E-state index >= 15 is 0 Å². The van der Waals surface area contributed by atoms with Gasteiger partial charge in [0.1, 0.15) is 11.6 Å². The topological polar surface area (TPSA) is 67.2 Å². The van der Waals surface area contributed by atoms with Crippen LogP contribution in [0.1, 0.15) is 15.9 Å². The molecule has 0 bridgehead atoms. The highest BCUT2D eigenvalue weighted by molar-refractivity contribution is 6.39. The third-order valence-corrected chi connectivity index (χ3v) is 5.06. The van der Waals surface area contributed by atoms with Crippen molar-refractivity contribution in [2.45, 2.75) is 6.54 Å². The number of anilines is 1. The predicted octanol–water partition coefficient (Wildman–Crippen LogP) is 5.49. The molecule has 4 rings (SSSR count). The minimum Gasteiger partial charge on any atom is -0.507 e. The quantitative estimate of drug-likeness (QED) is 0.450. The van der Waals surface area contributed by atoms with Crippen LogP contribution in [0.15, 0.2) is 61.1 Å². The second-order valence-corrected chi connectivity index (χ2v) is 7.22. The van der Waals surface area contributed by atoms with Crippen molar-refractivity contribution in [3.05, 3.63) is 88.0 Å². The van der Waals surface area contributed by atoms with Crippen LogP contribution in [0, 0.1) is 5.82 Å². The molecule has 0 spiro atoms. The molecule has 0 aliphatic carbocycles. The van der Waals surface area contributed by atoms with Gasteiger partial charge >= 0.3 is 0 Å². The number of carbonyl (C=O) groups is 1. The molecule has 0 atom stereocenters. The predicted molar refractivity (Wildman–Crippen MR) is 111 cm³/mol. The van der Waals surface area contributed by atoms with E-state index in [0.717, 1.165) is 5.56 Å². The van der Waals surface area contributed by atoms with Gasteiger partial charge in [-0.1, -0.05) is 41.4 Å². The summed E-state index contributed by atoms with van der Waals surface area (Å²) in [5.74, 6) is -0.836. The maximum Gasteiger partial charge on any atom is 0.258 e. The fourth-order valence-electron chi connectivity index (χ4n) is 3.13. The molecule has 8 heteroatoms. The van der Waals surface area contributed by atoms with Crippen LogP contribution in [-0.4, -0.2) is 20.6 Å². The Morgan fingerprint density at radius 1 is 1.10 bits per heavy atom. The molecule has 0 aliphatic rings. The average molecular weight is 430 g/mol. The molecule has 2 N–H and O–H groups in total. The van der Waals surface area contributed by atoms with Crippen molar-refractivity contribution in [2.75, 3.05) is 5.32 Å². The molecule has 0 unspecified atom stereocenters. The Kier molecular flexibility index (Phi) is 5.13. The van der Waals surface area contributed by atoms with Crippen LogP contribution in [0.25, 0.3) is 10.9 Å². The van der Waals surface area contributed by atoms with Crippen LogP contribution in [-0.2, 0) is 6.54 Å². The van der Waals surface area contributed by atoms with Gasteiger partial charge in [0.2, 0.25) is 0 Å². The molecule has 4 aromatic rings. The number of amides is 1. The van der Waals surface area contributed by atoms with Gasteiger partial charge in [-0.25, -0.2) is 4.39 Å². The smallest absolute Gasteiger partial charge is 0.258 e. The first-order valence-corrected chi connectivity index (χ1v) is 9.35. The number of pyridine rings is 1. The number of rotatable bonds is 4. The Balaban J connectivity index is 1.76. The molecule has 0 saturated carbocycles. The summed E-state index contributed by atoms with van der Waals surface area (Å²) in [7, 11) is 0. The van der Waals surface area contributed by atoms with Gasteiger partial charge in [0, 0.05) is 25.1 Å². The number of nitrogens with zero attached hydrogens (tertiary/aromatic N) is 2. The zero-order chi connectivity index (χ0) is 20.5. The molecule has 2 aromatic carbocycles. The fourth-order valence-corrected chi connectivity index (χ4v) is 3.59. The fraction of sp³-hybridized carbons (Fsp3) is 0.0476. The lowest BCUT2D eigenvalue weighted by molar-refractivity contribution is 0.102. The number of hydrogen-bond donors (Lipinski definition) is 2. The van der Waals surface area contributed by atoms with Gasteiger partial charge in [-0.15, -0.1) is 0 Å². The van der Waals surface area contributed by atoms with Crippen LogP contribution < -0.4 is 5.32 Å². The summed E-state index contributed by atoms with van der Waals surface area (Å²) in [6.45, 7) is 0.393. The second kappa shape index (κ2) is 7.73. The lowest BCUT2D eigenvalue weighted by Crippen LogP contribution is -2.12. The number of aromatic nitrogens is 2. The number of benzene rings is 2. The Morgan fingerprint density at radius 3 is 2.48 bits per heavy atom. The SMILES string of the molecule is O=C(Nc1c(Cl)cncc1Cl)c1cn(Cc2ccc(F)cc2)c2cccc(O)c12. The monoisotopic (exact) mass is 429 g/mol. The van der Waals surface area contributed by atoms with Crippen LogP contribution in [0.3, 0.4) is 0 Å². The largest absolute Gasteiger partial charge is 0.507 e. The minimum atomic E-state index is -0.482. The minimum absolute atomic E-state index is 0.0302. The summed E-state index contributed by atoms with van der Waals surface area (Å²) < 4.78 is 15.0. The van der Waals surface area contributed by atoms with Crippen molar-refractivity contribution in [3.63, 3.8) is 0 Å². The van der Waals surface area contributed by atoms with Crippen LogP contribution in [0.4, 0.5) is 10.1 Å². The van der Waals surface area contributed by atoms with E-state index in [4.69, 9.17) is 23.2 Å². The number of phenolic OH excluding ortho intramolecular Hbond substituents is 1. The van der Waals surface area contributed by atoms with Gasteiger partial charge in [0.05, 0.1) is 32.2 Å². The van der Waals surface area contributed by atoms with Crippen LogP contribution in [0.5, 0.6) is 5.75 Å². The normalized spacial score (nSPS) is 11.0. The Morgan fingerprint density at radius 2 is 1.79 bits per heavy atom. The summed E-state index contributed by atoms with van der Waals surface area (Å²) >= 11 is 12.2. The number of nitrogens with one attached hydrogen (secondary N) is 1. The highest BCUT2D eigenvalue weighted by Crippen LogP contribution is 2.33. The lowest BCUT2D eigenvalue weighted by Gasteiger charge is -2.08. The van der Waals surface area contributed by atoms with E-state index in [0.29, 0.717) is 17.4 Å². The summed E-state index contributed by atoms with van der Waals surface area (Å²) in [5, 5.41) is 13.9. The molecule has 0 aliphatic heterocycles. The third-order valence-electron chi connectivity index (χ3n) is 4.49. The van der Waals surface area contributed by atoms with E-state index in [1.54, 1.807) is 30.5 Å². The number of fused-ring (bicyclic) bond motifs is 1. The first-order chi connectivity index (χ1) is 13.9. The number of aromatic hydroxyl groups is 1. The molecular weight excluding hydrogens is 416 g/mol. The van der Waals surface area contributed by atoms with Gasteiger partial charge in [0.25, 0.3) is 5.91 Å². The lowest BCUT2D eigenvalue weighted by atomic mass is 10.1. The molecule has 29 heavy (non-hydrogen) atoms. The van der Waals surface area contributed by atoms with E-state index in [2.05, 4.69) is 10.3 Å². The number of halogens is 3. The third kappa shape index (κ3) is 3.77. The molecule has 0 radical (unpaired) electrons. The molecule has 5 nitrogen and oxygen atoms in total. The van der Waals surface area contributed by atoms with Crippen LogP contribution in [0.2, 0.25) is 10.0 Å². The summed E-state index contributed by atoms with van der Waals surface area (Å²) in [4.78, 5) is 16.8. The zero-order valence-electron chi connectivity index (χ0n) is 14.9. The van der Waals surface area contributed by atoms with Crippen molar-refractivity contribution in [1.82, 2.24) is 9.55 Å². The molecule has 2 heterocycles. The molecular formula is C21H14Cl2FN3O2. The Hall–Kier alpha value is -3.09. The molecule has 146 valence electrons. The van der Waals surface area contributed by atoms with E-state index in [9.17, 15) is 14.3 Å². The Labute approximate surface area is 175 Å². The first kappa shape index (κ1) is 19.2. The number of carbonyl (C=O) groups excluding carboxylic acids is 1. The van der Waals surface area contributed by atoms with Crippen molar-refractivity contribution in [3.8, 4) is 5.75 Å². The van der Waals surface area contributed by atoms with Gasteiger partial charge < -0.3 is 15.0 Å². The summed E-state index contributed by atoms with van der Waals surface area (Å²) in [5.41, 5.74) is 2.00. The van der Waals surface area contributed by atoms with Gasteiger partial charge in [-0.3, -0.25) is 9.78 Å². The van der Waals surface area contributed by atoms with E-state index < -0.39 is 5.91 Å². The summed E-state index contributed by atoms with van der Waals surface area (Å²) in [6.07, 6.45) is 4.38. The average Bonchev–Trinajstić information content (AvgIpc) is 3.06. The maximum absolute atomic E-state index is 13.2. The van der Waals surface area contributed by atoms with E-state index in [1.807, 2.05) is 4.57 Å². The van der Waals surface area contributed by atoms with E-state index in [1.165, 1.54) is 30.6 Å². The maximum atomic E-state index is 13.2. The van der Waals surface area contributed by atoms with Crippen molar-refractivity contribution in [2.24, 2.45) is 0 Å². The molecule has 2 aromatic heterocycles. The van der Waals surface area contributed by atoms with Crippen molar-refractivity contribution >= 4 is 45.7 Å². The highest BCUT2D eigenvalue weighted by atomic mass is 35.5. The zero-order valence-corrected chi connectivity index (χ0v) is 16.4. The van der Waals surface area contributed by atoms with Gasteiger partial charge in [-0.2, -0.15) is 0 Å². The second-order valence-electron chi connectivity index (χ2n) is 6.40. The number of phenols is 1. The first-order valence-electron chi connectivity index (χ1n) is 8.59. The summed E-state index contributed by atoms with van der Waals surface area (Å²) in [6, 6.07) is 11.1. The van der Waals surface area contributed by atoms with E-state index in [-0.39, 0.29) is 32.9 Å². The van der Waals surface area contributed by atoms with Crippen LogP contribution >= 0.6 is 23.2 Å².